The number of morpholine rings is 1. The highest BCUT2D eigenvalue weighted by molar-refractivity contribution is 5.68. The van der Waals surface area contributed by atoms with E-state index >= 15 is 0 Å². The van der Waals surface area contributed by atoms with Crippen molar-refractivity contribution in [3.05, 3.63) is 28.3 Å². The van der Waals surface area contributed by atoms with Crippen molar-refractivity contribution < 1.29 is 14.4 Å². The zero-order valence-corrected chi connectivity index (χ0v) is 10.7. The summed E-state index contributed by atoms with van der Waals surface area (Å²) in [4.78, 5) is 10.7. The molecule has 0 bridgehead atoms. The monoisotopic (exact) mass is 267 g/mol. The lowest BCUT2D eigenvalue weighted by Gasteiger charge is -2.24. The Kier molecular flexibility index (Phi) is 4.53. The van der Waals surface area contributed by atoms with Crippen LogP contribution in [0.2, 0.25) is 0 Å². The normalized spacial score (nSPS) is 18.9. The van der Waals surface area contributed by atoms with Gasteiger partial charge in [0.05, 0.1) is 24.7 Å². The van der Waals surface area contributed by atoms with Gasteiger partial charge in [0, 0.05) is 19.6 Å². The lowest BCUT2D eigenvalue weighted by atomic mass is 10.2. The molecule has 1 aliphatic heterocycles. The first-order chi connectivity index (χ1) is 9.22. The third kappa shape index (κ3) is 3.33. The summed E-state index contributed by atoms with van der Waals surface area (Å²) in [6, 6.07) is 4.95. The second-order valence-electron chi connectivity index (χ2n) is 4.19. The van der Waals surface area contributed by atoms with E-state index in [1.165, 1.54) is 7.11 Å². The maximum Gasteiger partial charge on any atom is 0.333 e. The van der Waals surface area contributed by atoms with Gasteiger partial charge in [0.1, 0.15) is 5.69 Å². The van der Waals surface area contributed by atoms with Gasteiger partial charge in [-0.25, -0.2) is 0 Å². The van der Waals surface area contributed by atoms with Crippen molar-refractivity contribution in [2.24, 2.45) is 0 Å². The fraction of sp³-hybridized carbons (Fsp3) is 0.500. The quantitative estimate of drug-likeness (QED) is 0.611. The molecule has 2 N–H and O–H groups in total. The van der Waals surface area contributed by atoms with Crippen LogP contribution in [0.15, 0.2) is 18.2 Å². The fourth-order valence-electron chi connectivity index (χ4n) is 1.99. The van der Waals surface area contributed by atoms with Gasteiger partial charge in [-0.1, -0.05) is 6.07 Å². The van der Waals surface area contributed by atoms with Crippen LogP contribution in [-0.4, -0.2) is 44.4 Å². The molecule has 2 rings (SSSR count). The van der Waals surface area contributed by atoms with Crippen LogP contribution in [0.4, 0.5) is 11.4 Å². The van der Waals surface area contributed by atoms with Gasteiger partial charge in [-0.05, 0) is 12.1 Å². The van der Waals surface area contributed by atoms with Gasteiger partial charge >= 0.3 is 5.69 Å². The van der Waals surface area contributed by atoms with Crippen molar-refractivity contribution in [1.82, 2.24) is 5.32 Å². The average Bonchev–Trinajstić information content (AvgIpc) is 2.45. The summed E-state index contributed by atoms with van der Waals surface area (Å²) in [6.07, 6.45) is 0.0135. The lowest BCUT2D eigenvalue weighted by Crippen LogP contribution is -2.42. The Balaban J connectivity index is 2.08. The molecule has 1 saturated heterocycles. The molecule has 7 nitrogen and oxygen atoms in total. The molecular formula is C12H17N3O4. The highest BCUT2D eigenvalue weighted by Crippen LogP contribution is 2.34. The van der Waals surface area contributed by atoms with Crippen molar-refractivity contribution in [2.45, 2.75) is 6.10 Å². The zero-order chi connectivity index (χ0) is 13.7. The molecule has 1 fully saturated rings. The minimum atomic E-state index is -0.443. The SMILES string of the molecule is COc1cccc(NCC2CNCCO2)c1[N+](=O)[O-]. The average molecular weight is 267 g/mol. The van der Waals surface area contributed by atoms with Crippen molar-refractivity contribution in [2.75, 3.05) is 38.7 Å². The molecule has 19 heavy (non-hydrogen) atoms. The van der Waals surface area contributed by atoms with Crippen LogP contribution < -0.4 is 15.4 Å². The molecule has 1 unspecified atom stereocenters. The molecule has 0 aliphatic carbocycles. The number of methoxy groups -OCH3 is 1. The molecule has 1 aliphatic rings. The molecular weight excluding hydrogens is 250 g/mol. The van der Waals surface area contributed by atoms with E-state index in [-0.39, 0.29) is 17.5 Å². The summed E-state index contributed by atoms with van der Waals surface area (Å²) in [6.45, 7) is 2.76. The van der Waals surface area contributed by atoms with Crippen molar-refractivity contribution >= 4 is 11.4 Å². The number of ether oxygens (including phenoxy) is 2. The summed E-state index contributed by atoms with van der Waals surface area (Å²) in [5, 5.41) is 17.4. The van der Waals surface area contributed by atoms with Crippen LogP contribution in [0.5, 0.6) is 5.75 Å². The van der Waals surface area contributed by atoms with Crippen LogP contribution in [0, 0.1) is 10.1 Å². The third-order valence-electron chi connectivity index (χ3n) is 2.93. The van der Waals surface area contributed by atoms with Gasteiger partial charge in [0.25, 0.3) is 0 Å². The molecule has 1 atom stereocenters. The number of hydrogen-bond acceptors (Lipinski definition) is 6. The van der Waals surface area contributed by atoms with Crippen molar-refractivity contribution in [3.8, 4) is 5.75 Å². The van der Waals surface area contributed by atoms with E-state index in [0.29, 0.717) is 18.8 Å². The first kappa shape index (κ1) is 13.6. The molecule has 7 heteroatoms. The summed E-state index contributed by atoms with van der Waals surface area (Å²) < 4.78 is 10.5. The second-order valence-corrected chi connectivity index (χ2v) is 4.19. The lowest BCUT2D eigenvalue weighted by molar-refractivity contribution is -0.384. The number of rotatable bonds is 5. The van der Waals surface area contributed by atoms with Crippen LogP contribution in [-0.2, 0) is 4.74 Å². The van der Waals surface area contributed by atoms with Gasteiger partial charge in [-0.15, -0.1) is 0 Å². The van der Waals surface area contributed by atoms with Gasteiger partial charge < -0.3 is 20.1 Å². The maximum absolute atomic E-state index is 11.1. The number of nitro groups is 1. The molecule has 0 aromatic heterocycles. The van der Waals surface area contributed by atoms with Crippen molar-refractivity contribution in [3.63, 3.8) is 0 Å². The highest BCUT2D eigenvalue weighted by atomic mass is 16.6. The smallest absolute Gasteiger partial charge is 0.333 e. The van der Waals surface area contributed by atoms with E-state index in [1.54, 1.807) is 18.2 Å². The molecule has 1 aromatic carbocycles. The number of nitro benzene ring substituents is 1. The fourth-order valence-corrected chi connectivity index (χ4v) is 1.99. The number of para-hydroxylation sites is 1. The van der Waals surface area contributed by atoms with Gasteiger partial charge in [0.15, 0.2) is 5.75 Å². The third-order valence-corrected chi connectivity index (χ3v) is 2.93. The van der Waals surface area contributed by atoms with Crippen molar-refractivity contribution in [1.29, 1.82) is 0 Å². The molecule has 1 aromatic rings. The first-order valence-corrected chi connectivity index (χ1v) is 6.10. The Morgan fingerprint density at radius 3 is 3.11 bits per heavy atom. The topological polar surface area (TPSA) is 85.7 Å². The van der Waals surface area contributed by atoms with Gasteiger partial charge in [0.2, 0.25) is 0 Å². The first-order valence-electron chi connectivity index (χ1n) is 6.10. The van der Waals surface area contributed by atoms with E-state index in [1.807, 2.05) is 0 Å². The predicted molar refractivity (Wildman–Crippen MR) is 70.7 cm³/mol. The van der Waals surface area contributed by atoms with Gasteiger partial charge in [-0.3, -0.25) is 10.1 Å². The minimum Gasteiger partial charge on any atom is -0.490 e. The summed E-state index contributed by atoms with van der Waals surface area (Å²) >= 11 is 0. The van der Waals surface area contributed by atoms with Crippen LogP contribution >= 0.6 is 0 Å². The number of hydrogen-bond donors (Lipinski definition) is 2. The molecule has 0 radical (unpaired) electrons. The van der Waals surface area contributed by atoms with E-state index in [4.69, 9.17) is 9.47 Å². The summed E-state index contributed by atoms with van der Waals surface area (Å²) in [7, 11) is 1.42. The summed E-state index contributed by atoms with van der Waals surface area (Å²) in [5.41, 5.74) is 0.396. The molecule has 1 heterocycles. The van der Waals surface area contributed by atoms with Gasteiger partial charge in [-0.2, -0.15) is 0 Å². The number of anilines is 1. The van der Waals surface area contributed by atoms with E-state index in [9.17, 15) is 10.1 Å². The summed E-state index contributed by atoms with van der Waals surface area (Å²) in [5.74, 6) is 0.248. The zero-order valence-electron chi connectivity index (χ0n) is 10.7. The van der Waals surface area contributed by atoms with Crippen LogP contribution in [0.3, 0.4) is 0 Å². The van der Waals surface area contributed by atoms with E-state index < -0.39 is 4.92 Å². The Bertz CT molecular complexity index is 447. The highest BCUT2D eigenvalue weighted by Gasteiger charge is 2.21. The number of benzene rings is 1. The molecule has 0 saturated carbocycles. The Morgan fingerprint density at radius 1 is 1.63 bits per heavy atom. The minimum absolute atomic E-state index is 0.0135. The Morgan fingerprint density at radius 2 is 2.47 bits per heavy atom. The number of nitrogens with zero attached hydrogens (tertiary/aromatic N) is 1. The van der Waals surface area contributed by atoms with Crippen LogP contribution in [0.25, 0.3) is 0 Å². The predicted octanol–water partition coefficient (Wildman–Crippen LogP) is 1.00. The van der Waals surface area contributed by atoms with E-state index in [0.717, 1.165) is 13.1 Å². The molecule has 104 valence electrons. The Labute approximate surface area is 111 Å². The van der Waals surface area contributed by atoms with Crippen LogP contribution in [0.1, 0.15) is 0 Å². The largest absolute Gasteiger partial charge is 0.490 e. The standard InChI is InChI=1S/C12H17N3O4/c1-18-11-4-2-3-10(12(11)15(16)17)14-8-9-7-13-5-6-19-9/h2-4,9,13-14H,5-8H2,1H3. The second kappa shape index (κ2) is 6.35. The number of nitrogens with one attached hydrogen (secondary N) is 2. The molecule has 0 amide bonds. The maximum atomic E-state index is 11.1. The Hall–Kier alpha value is -1.86. The molecule has 0 spiro atoms. The van der Waals surface area contributed by atoms with E-state index in [2.05, 4.69) is 10.6 Å².